The van der Waals surface area contributed by atoms with Gasteiger partial charge >= 0.3 is 0 Å². The van der Waals surface area contributed by atoms with Crippen molar-refractivity contribution in [2.24, 2.45) is 0 Å². The second-order valence-electron chi connectivity index (χ2n) is 8.88. The quantitative estimate of drug-likeness (QED) is 0.388. The van der Waals surface area contributed by atoms with E-state index < -0.39 is 0 Å². The Balaban J connectivity index is 1.53. The van der Waals surface area contributed by atoms with Crippen LogP contribution < -0.4 is 0 Å². The molecule has 6 nitrogen and oxygen atoms in total. The Morgan fingerprint density at radius 2 is 1.97 bits per heavy atom. The van der Waals surface area contributed by atoms with E-state index in [1.54, 1.807) is 17.4 Å². The zero-order valence-electron chi connectivity index (χ0n) is 18.2. The number of carbonyl (C=O) groups is 1. The Bertz CT molecular complexity index is 1390. The molecule has 1 fully saturated rings. The Kier molecular flexibility index (Phi) is 4.71. The molecule has 0 bridgehead atoms. The Morgan fingerprint density at radius 3 is 2.67 bits per heavy atom. The Hall–Kier alpha value is -2.97. The molecule has 33 heavy (non-hydrogen) atoms. The fourth-order valence-corrected chi connectivity index (χ4v) is 6.07. The van der Waals surface area contributed by atoms with Gasteiger partial charge in [0.15, 0.2) is 5.11 Å². The van der Waals surface area contributed by atoms with Crippen molar-refractivity contribution in [1.29, 1.82) is 0 Å². The van der Waals surface area contributed by atoms with Crippen LogP contribution >= 0.6 is 28.1 Å². The van der Waals surface area contributed by atoms with Crippen LogP contribution in [0, 0.1) is 0 Å². The number of hydrogen-bond acceptors (Lipinski definition) is 3. The minimum atomic E-state index is -0.302. The van der Waals surface area contributed by atoms with Crippen LogP contribution in [0.1, 0.15) is 36.7 Å². The van der Waals surface area contributed by atoms with Crippen molar-refractivity contribution in [3.63, 3.8) is 0 Å². The maximum Gasteiger partial charge on any atom is 0.252 e. The summed E-state index contributed by atoms with van der Waals surface area (Å²) in [7, 11) is 0. The maximum atomic E-state index is 13.5. The summed E-state index contributed by atoms with van der Waals surface area (Å²) in [5, 5.41) is 1.76. The molecule has 0 saturated carbocycles. The molecule has 2 aliphatic rings. The van der Waals surface area contributed by atoms with Gasteiger partial charge in [0.25, 0.3) is 5.91 Å². The summed E-state index contributed by atoms with van der Waals surface area (Å²) in [6, 6.07) is 14.2. The number of carbonyl (C=O) groups excluding carboxylic acids is 1. The highest BCUT2D eigenvalue weighted by atomic mass is 79.9. The van der Waals surface area contributed by atoms with Crippen LogP contribution in [0.3, 0.4) is 0 Å². The lowest BCUT2D eigenvalue weighted by Gasteiger charge is -2.37. The number of halogens is 1. The van der Waals surface area contributed by atoms with E-state index in [9.17, 15) is 4.79 Å². The van der Waals surface area contributed by atoms with Crippen molar-refractivity contribution in [1.82, 2.24) is 24.3 Å². The van der Waals surface area contributed by atoms with Crippen LogP contribution in [0.5, 0.6) is 0 Å². The lowest BCUT2D eigenvalue weighted by molar-refractivity contribution is -0.129. The SMILES string of the molecule is CC(C)N1C(=O)C2Cc3c([nH]c4ccc(Br)cc34)C(c3ccc(-n4ccnc4)cc3)N2C1=S. The second kappa shape index (κ2) is 7.53. The lowest BCUT2D eigenvalue weighted by atomic mass is 9.89. The maximum absolute atomic E-state index is 13.5. The average Bonchev–Trinajstić information content (AvgIpc) is 3.51. The highest BCUT2D eigenvalue weighted by Crippen LogP contribution is 2.44. The number of nitrogens with zero attached hydrogens (tertiary/aromatic N) is 4. The number of nitrogens with one attached hydrogen (secondary N) is 1. The summed E-state index contributed by atoms with van der Waals surface area (Å²) in [4.78, 5) is 25.2. The molecule has 6 rings (SSSR count). The molecule has 0 radical (unpaired) electrons. The number of rotatable bonds is 3. The van der Waals surface area contributed by atoms with E-state index in [1.165, 1.54) is 5.56 Å². The van der Waals surface area contributed by atoms with Gasteiger partial charge in [0.2, 0.25) is 0 Å². The first-order chi connectivity index (χ1) is 15.9. The van der Waals surface area contributed by atoms with Crippen molar-refractivity contribution in [2.45, 2.75) is 38.4 Å². The number of amides is 1. The van der Waals surface area contributed by atoms with E-state index in [0.29, 0.717) is 11.5 Å². The minimum Gasteiger partial charge on any atom is -0.356 e. The van der Waals surface area contributed by atoms with Gasteiger partial charge in [-0.05, 0) is 67.5 Å². The molecule has 166 valence electrons. The summed E-state index contributed by atoms with van der Waals surface area (Å²) in [5.74, 6) is 0.0880. The average molecular weight is 520 g/mol. The first kappa shape index (κ1) is 20.6. The van der Waals surface area contributed by atoms with Gasteiger partial charge in [0, 0.05) is 51.6 Å². The first-order valence-electron chi connectivity index (χ1n) is 11.0. The number of benzene rings is 2. The van der Waals surface area contributed by atoms with Gasteiger partial charge in [-0.2, -0.15) is 0 Å². The van der Waals surface area contributed by atoms with E-state index in [4.69, 9.17) is 12.2 Å². The molecule has 2 aromatic carbocycles. The van der Waals surface area contributed by atoms with Gasteiger partial charge < -0.3 is 14.5 Å². The van der Waals surface area contributed by atoms with Gasteiger partial charge in [-0.1, -0.05) is 28.1 Å². The largest absolute Gasteiger partial charge is 0.356 e. The van der Waals surface area contributed by atoms with Gasteiger partial charge in [-0.3, -0.25) is 9.69 Å². The van der Waals surface area contributed by atoms with Crippen LogP contribution in [0.25, 0.3) is 16.6 Å². The monoisotopic (exact) mass is 519 g/mol. The normalized spacial score (nSPS) is 20.1. The molecule has 1 saturated heterocycles. The van der Waals surface area contributed by atoms with Crippen LogP contribution in [-0.4, -0.2) is 47.4 Å². The molecule has 8 heteroatoms. The van der Waals surface area contributed by atoms with Gasteiger partial charge in [0.1, 0.15) is 6.04 Å². The topological polar surface area (TPSA) is 57.2 Å². The molecule has 2 unspecified atom stereocenters. The smallest absolute Gasteiger partial charge is 0.252 e. The predicted molar refractivity (Wildman–Crippen MR) is 135 cm³/mol. The van der Waals surface area contributed by atoms with Crippen molar-refractivity contribution < 1.29 is 4.79 Å². The summed E-state index contributed by atoms with van der Waals surface area (Å²) >= 11 is 9.50. The minimum absolute atomic E-state index is 0.0177. The fraction of sp³-hybridized carbons (Fsp3) is 0.240. The summed E-state index contributed by atoms with van der Waals surface area (Å²) in [6.45, 7) is 4.03. The molecule has 2 aliphatic heterocycles. The van der Waals surface area contributed by atoms with Gasteiger partial charge in [-0.25, -0.2) is 4.98 Å². The van der Waals surface area contributed by atoms with Crippen molar-refractivity contribution in [2.75, 3.05) is 0 Å². The molecule has 2 aromatic heterocycles. The van der Waals surface area contributed by atoms with Crippen LogP contribution in [-0.2, 0) is 11.2 Å². The molecule has 2 atom stereocenters. The number of thiocarbonyl (C=S) groups is 1. The van der Waals surface area contributed by atoms with Gasteiger partial charge in [-0.15, -0.1) is 0 Å². The fourth-order valence-electron chi connectivity index (χ4n) is 5.18. The Labute approximate surface area is 205 Å². The standard InChI is InChI=1S/C25H22BrN5OS/c1-14(2)30-24(32)21-12-19-18-11-16(26)5-8-20(18)28-22(19)23(31(21)25(30)33)15-3-6-17(7-4-15)29-10-9-27-13-29/h3-11,13-14,21,23,28H,12H2,1-2H3. The Morgan fingerprint density at radius 1 is 1.18 bits per heavy atom. The summed E-state index contributed by atoms with van der Waals surface area (Å²) in [5.41, 5.74) is 5.50. The van der Waals surface area contributed by atoms with Crippen LogP contribution in [0.4, 0.5) is 0 Å². The number of aromatic nitrogens is 3. The summed E-state index contributed by atoms with van der Waals surface area (Å²) in [6.07, 6.45) is 6.11. The highest BCUT2D eigenvalue weighted by Gasteiger charge is 2.51. The van der Waals surface area contributed by atoms with Crippen LogP contribution in [0.15, 0.2) is 65.7 Å². The van der Waals surface area contributed by atoms with Gasteiger partial charge in [0.05, 0.1) is 12.4 Å². The van der Waals surface area contributed by atoms with Crippen LogP contribution in [0.2, 0.25) is 0 Å². The number of hydrogen-bond donors (Lipinski definition) is 1. The third kappa shape index (κ3) is 3.08. The van der Waals surface area contributed by atoms with Crippen molar-refractivity contribution in [3.8, 4) is 5.69 Å². The molecule has 1 N–H and O–H groups in total. The first-order valence-corrected chi connectivity index (χ1v) is 12.2. The third-order valence-corrected chi connectivity index (χ3v) is 7.56. The zero-order chi connectivity index (χ0) is 22.9. The van der Waals surface area contributed by atoms with E-state index >= 15 is 0 Å². The van der Waals surface area contributed by atoms with Crippen molar-refractivity contribution in [3.05, 3.63) is 82.5 Å². The molecule has 4 heterocycles. The molecular weight excluding hydrogens is 498 g/mol. The molecular formula is C25H22BrN5OS. The molecule has 4 aromatic rings. The van der Waals surface area contributed by atoms with E-state index in [0.717, 1.165) is 32.3 Å². The highest BCUT2D eigenvalue weighted by molar-refractivity contribution is 9.10. The number of imidazole rings is 1. The molecule has 0 aliphatic carbocycles. The second-order valence-corrected chi connectivity index (χ2v) is 10.2. The molecule has 0 spiro atoms. The third-order valence-electron chi connectivity index (χ3n) is 6.66. The van der Waals surface area contributed by atoms with E-state index in [1.807, 2.05) is 30.7 Å². The van der Waals surface area contributed by atoms with E-state index in [2.05, 4.69) is 67.2 Å². The predicted octanol–water partition coefficient (Wildman–Crippen LogP) is 4.97. The molecule has 1 amide bonds. The number of aromatic amines is 1. The number of H-pyrrole nitrogens is 1. The summed E-state index contributed by atoms with van der Waals surface area (Å²) < 4.78 is 3.00. The van der Waals surface area contributed by atoms with Crippen molar-refractivity contribution >= 4 is 50.1 Å². The lowest BCUT2D eigenvalue weighted by Crippen LogP contribution is -2.44. The van der Waals surface area contributed by atoms with E-state index in [-0.39, 0.29) is 24.0 Å². The number of fused-ring (bicyclic) bond motifs is 4. The zero-order valence-corrected chi connectivity index (χ0v) is 20.6.